The highest BCUT2D eigenvalue weighted by Crippen LogP contribution is 2.25. The van der Waals surface area contributed by atoms with Crippen LogP contribution in [0.5, 0.6) is 0 Å². The molecule has 4 heteroatoms. The summed E-state index contributed by atoms with van der Waals surface area (Å²) in [5.74, 6) is 0.694. The van der Waals surface area contributed by atoms with E-state index in [2.05, 4.69) is 17.4 Å². The molecule has 1 saturated carbocycles. The van der Waals surface area contributed by atoms with Gasteiger partial charge < -0.3 is 5.11 Å². The molecule has 1 unspecified atom stereocenters. The summed E-state index contributed by atoms with van der Waals surface area (Å²) in [5, 5.41) is 12.6. The van der Waals surface area contributed by atoms with Gasteiger partial charge in [-0.3, -0.25) is 10.1 Å². The predicted octanol–water partition coefficient (Wildman–Crippen LogP) is 2.52. The standard InChI is InChI=1S/C14H19NO2S/c1-14(13(16)17,15-12-7-8-12)10-18-9-11-5-3-2-4-6-11/h2-6,12,15H,7-10H2,1H3,(H,16,17). The van der Waals surface area contributed by atoms with Gasteiger partial charge in [-0.05, 0) is 25.3 Å². The van der Waals surface area contributed by atoms with Crippen molar-refractivity contribution in [1.82, 2.24) is 5.32 Å². The molecule has 1 aliphatic rings. The van der Waals surface area contributed by atoms with E-state index in [1.165, 1.54) is 5.56 Å². The molecule has 1 fully saturated rings. The molecular weight excluding hydrogens is 246 g/mol. The Hall–Kier alpha value is -1.00. The maximum atomic E-state index is 11.4. The van der Waals surface area contributed by atoms with E-state index in [1.54, 1.807) is 18.7 Å². The molecule has 3 nitrogen and oxygen atoms in total. The van der Waals surface area contributed by atoms with Gasteiger partial charge in [0.2, 0.25) is 0 Å². The third-order valence-corrected chi connectivity index (χ3v) is 4.39. The van der Waals surface area contributed by atoms with Gasteiger partial charge in [-0.1, -0.05) is 30.3 Å². The normalized spacial score (nSPS) is 18.3. The van der Waals surface area contributed by atoms with Crippen molar-refractivity contribution in [1.29, 1.82) is 0 Å². The summed E-state index contributed by atoms with van der Waals surface area (Å²) in [4.78, 5) is 11.4. The first-order chi connectivity index (χ1) is 8.60. The summed E-state index contributed by atoms with van der Waals surface area (Å²) in [7, 11) is 0. The molecule has 18 heavy (non-hydrogen) atoms. The number of carboxylic acid groups (broad SMARTS) is 1. The molecule has 0 amide bonds. The van der Waals surface area contributed by atoms with Gasteiger partial charge in [-0.15, -0.1) is 0 Å². The maximum absolute atomic E-state index is 11.4. The Morgan fingerprint density at radius 1 is 1.44 bits per heavy atom. The predicted molar refractivity (Wildman–Crippen MR) is 74.8 cm³/mol. The van der Waals surface area contributed by atoms with Crippen LogP contribution in [0.1, 0.15) is 25.3 Å². The lowest BCUT2D eigenvalue weighted by atomic mass is 10.1. The van der Waals surface area contributed by atoms with Gasteiger partial charge in [0.25, 0.3) is 0 Å². The van der Waals surface area contributed by atoms with Crippen molar-refractivity contribution in [2.45, 2.75) is 37.1 Å². The highest BCUT2D eigenvalue weighted by Gasteiger charge is 2.38. The van der Waals surface area contributed by atoms with Crippen LogP contribution in [0.2, 0.25) is 0 Å². The van der Waals surface area contributed by atoms with Crippen LogP contribution >= 0.6 is 11.8 Å². The Morgan fingerprint density at radius 2 is 2.11 bits per heavy atom. The Labute approximate surface area is 112 Å². The van der Waals surface area contributed by atoms with Crippen LogP contribution in [-0.2, 0) is 10.5 Å². The van der Waals surface area contributed by atoms with Crippen LogP contribution in [0.4, 0.5) is 0 Å². The fourth-order valence-corrected chi connectivity index (χ4v) is 2.94. The summed E-state index contributed by atoms with van der Waals surface area (Å²) in [6.07, 6.45) is 2.21. The molecule has 0 aliphatic heterocycles. The van der Waals surface area contributed by atoms with Gasteiger partial charge in [0.1, 0.15) is 5.54 Å². The highest BCUT2D eigenvalue weighted by molar-refractivity contribution is 7.98. The van der Waals surface area contributed by atoms with Crippen molar-refractivity contribution < 1.29 is 9.90 Å². The number of rotatable bonds is 7. The van der Waals surface area contributed by atoms with Gasteiger partial charge in [0.05, 0.1) is 0 Å². The SMILES string of the molecule is CC(CSCc1ccccc1)(NC1CC1)C(=O)O. The smallest absolute Gasteiger partial charge is 0.324 e. The van der Waals surface area contributed by atoms with Crippen molar-refractivity contribution >= 4 is 17.7 Å². The first-order valence-corrected chi connectivity index (χ1v) is 7.38. The van der Waals surface area contributed by atoms with Crippen molar-refractivity contribution in [3.8, 4) is 0 Å². The van der Waals surface area contributed by atoms with Crippen molar-refractivity contribution in [3.05, 3.63) is 35.9 Å². The zero-order valence-electron chi connectivity index (χ0n) is 10.6. The molecule has 1 aliphatic carbocycles. The molecule has 0 saturated heterocycles. The second-order valence-electron chi connectivity index (χ2n) is 5.03. The minimum absolute atomic E-state index is 0.406. The number of thioether (sulfide) groups is 1. The molecule has 2 N–H and O–H groups in total. The average Bonchev–Trinajstić information content (AvgIpc) is 3.14. The number of aliphatic carboxylic acids is 1. The summed E-state index contributed by atoms with van der Waals surface area (Å²) in [6, 6.07) is 10.6. The summed E-state index contributed by atoms with van der Waals surface area (Å²) in [5.41, 5.74) is 0.433. The lowest BCUT2D eigenvalue weighted by Gasteiger charge is -2.26. The van der Waals surface area contributed by atoms with Crippen molar-refractivity contribution in [2.24, 2.45) is 0 Å². The minimum Gasteiger partial charge on any atom is -0.480 e. The van der Waals surface area contributed by atoms with E-state index in [0.29, 0.717) is 11.8 Å². The Balaban J connectivity index is 1.84. The third-order valence-electron chi connectivity index (χ3n) is 3.07. The lowest BCUT2D eigenvalue weighted by molar-refractivity contribution is -0.143. The van der Waals surface area contributed by atoms with Crippen molar-refractivity contribution in [2.75, 3.05) is 5.75 Å². The topological polar surface area (TPSA) is 49.3 Å². The van der Waals surface area contributed by atoms with E-state index >= 15 is 0 Å². The molecular formula is C14H19NO2S. The molecule has 1 aromatic rings. The van der Waals surface area contributed by atoms with E-state index < -0.39 is 11.5 Å². The monoisotopic (exact) mass is 265 g/mol. The Kier molecular flexibility index (Phi) is 4.30. The number of carbonyl (C=O) groups is 1. The van der Waals surface area contributed by atoms with Gasteiger partial charge in [0, 0.05) is 17.5 Å². The first kappa shape index (κ1) is 13.4. The van der Waals surface area contributed by atoms with Crippen LogP contribution in [0.3, 0.4) is 0 Å². The molecule has 1 aromatic carbocycles. The summed E-state index contributed by atoms with van der Waals surface area (Å²) < 4.78 is 0. The van der Waals surface area contributed by atoms with E-state index in [4.69, 9.17) is 0 Å². The van der Waals surface area contributed by atoms with E-state index in [0.717, 1.165) is 18.6 Å². The summed E-state index contributed by atoms with van der Waals surface area (Å²) in [6.45, 7) is 1.78. The second kappa shape index (κ2) is 5.76. The molecule has 0 heterocycles. The molecule has 0 radical (unpaired) electrons. The zero-order valence-corrected chi connectivity index (χ0v) is 11.4. The zero-order chi connectivity index (χ0) is 13.0. The lowest BCUT2D eigenvalue weighted by Crippen LogP contribution is -2.52. The van der Waals surface area contributed by atoms with Gasteiger partial charge in [-0.25, -0.2) is 0 Å². The van der Waals surface area contributed by atoms with E-state index in [9.17, 15) is 9.90 Å². The number of nitrogens with one attached hydrogen (secondary N) is 1. The molecule has 0 aromatic heterocycles. The van der Waals surface area contributed by atoms with E-state index in [-0.39, 0.29) is 0 Å². The number of benzene rings is 1. The van der Waals surface area contributed by atoms with Crippen molar-refractivity contribution in [3.63, 3.8) is 0 Å². The highest BCUT2D eigenvalue weighted by atomic mass is 32.2. The van der Waals surface area contributed by atoms with Gasteiger partial charge in [-0.2, -0.15) is 11.8 Å². The van der Waals surface area contributed by atoms with Crippen LogP contribution in [0.15, 0.2) is 30.3 Å². The van der Waals surface area contributed by atoms with Crippen LogP contribution < -0.4 is 5.32 Å². The summed E-state index contributed by atoms with van der Waals surface area (Å²) >= 11 is 1.67. The Bertz CT molecular complexity index is 406. The maximum Gasteiger partial charge on any atom is 0.324 e. The number of carboxylic acids is 1. The minimum atomic E-state index is -0.805. The second-order valence-corrected chi connectivity index (χ2v) is 6.02. The van der Waals surface area contributed by atoms with Crippen LogP contribution in [0, 0.1) is 0 Å². The fraction of sp³-hybridized carbons (Fsp3) is 0.500. The molecule has 98 valence electrons. The third kappa shape index (κ3) is 3.75. The van der Waals surface area contributed by atoms with Gasteiger partial charge in [0.15, 0.2) is 0 Å². The average molecular weight is 265 g/mol. The molecule has 1 atom stereocenters. The molecule has 0 bridgehead atoms. The first-order valence-electron chi connectivity index (χ1n) is 6.23. The fourth-order valence-electron chi connectivity index (χ4n) is 1.79. The number of hydrogen-bond donors (Lipinski definition) is 2. The molecule has 2 rings (SSSR count). The van der Waals surface area contributed by atoms with Crippen LogP contribution in [-0.4, -0.2) is 28.4 Å². The largest absolute Gasteiger partial charge is 0.480 e. The van der Waals surface area contributed by atoms with E-state index in [1.807, 2.05) is 18.2 Å². The van der Waals surface area contributed by atoms with Gasteiger partial charge >= 0.3 is 5.97 Å². The quantitative estimate of drug-likeness (QED) is 0.795. The molecule has 0 spiro atoms. The van der Waals surface area contributed by atoms with Crippen LogP contribution in [0.25, 0.3) is 0 Å². The number of hydrogen-bond acceptors (Lipinski definition) is 3. The Morgan fingerprint density at radius 3 is 2.67 bits per heavy atom.